The molecule has 2 atom stereocenters. The number of nitrogens with one attached hydrogen (secondary N) is 1. The second kappa shape index (κ2) is 9.07. The number of benzene rings is 1. The van der Waals surface area contributed by atoms with Gasteiger partial charge in [0.2, 0.25) is 0 Å². The summed E-state index contributed by atoms with van der Waals surface area (Å²) < 4.78 is 11.6. The van der Waals surface area contributed by atoms with Crippen LogP contribution in [0.25, 0.3) is 0 Å². The fraction of sp³-hybridized carbons (Fsp3) is 0.650. The van der Waals surface area contributed by atoms with Gasteiger partial charge in [-0.2, -0.15) is 0 Å². The molecule has 24 heavy (non-hydrogen) atoms. The highest BCUT2D eigenvalue weighted by Gasteiger charge is 2.34. The van der Waals surface area contributed by atoms with Crippen molar-refractivity contribution in [3.05, 3.63) is 23.8 Å². The zero-order valence-electron chi connectivity index (χ0n) is 16.2. The molecule has 1 aromatic carbocycles. The molecule has 2 unspecified atom stereocenters. The molecule has 0 aliphatic heterocycles. The lowest BCUT2D eigenvalue weighted by Gasteiger charge is -2.30. The van der Waals surface area contributed by atoms with Gasteiger partial charge in [-0.3, -0.25) is 4.79 Å². The third kappa shape index (κ3) is 5.82. The van der Waals surface area contributed by atoms with Gasteiger partial charge < -0.3 is 14.8 Å². The number of anilines is 1. The number of rotatable bonds is 9. The molecule has 0 aromatic heterocycles. The van der Waals surface area contributed by atoms with E-state index in [1.165, 1.54) is 0 Å². The van der Waals surface area contributed by atoms with Crippen molar-refractivity contribution in [2.75, 3.05) is 11.9 Å². The summed E-state index contributed by atoms with van der Waals surface area (Å²) in [4.78, 5) is 12.7. The maximum atomic E-state index is 12.7. The number of carbonyl (C=O) groups excluding carboxylic acids is 1. The molecular formula is C20H33NO3. The lowest BCUT2D eigenvalue weighted by atomic mass is 9.93. The van der Waals surface area contributed by atoms with Crippen LogP contribution in [0.15, 0.2) is 18.2 Å². The Bertz CT molecular complexity index is 542. The molecule has 1 N–H and O–H groups in total. The third-order valence-corrected chi connectivity index (χ3v) is 4.08. The van der Waals surface area contributed by atoms with Crippen LogP contribution in [0.5, 0.6) is 5.75 Å². The summed E-state index contributed by atoms with van der Waals surface area (Å²) in [5, 5.41) is 2.99. The Labute approximate surface area is 146 Å². The highest BCUT2D eigenvalue weighted by Crippen LogP contribution is 2.26. The van der Waals surface area contributed by atoms with Crippen LogP contribution in [0.2, 0.25) is 0 Å². The summed E-state index contributed by atoms with van der Waals surface area (Å²) in [6.45, 7) is 14.6. The van der Waals surface area contributed by atoms with Crippen LogP contribution in [-0.2, 0) is 9.53 Å². The number of carbonyl (C=O) groups is 1. The molecule has 4 nitrogen and oxygen atoms in total. The van der Waals surface area contributed by atoms with Gasteiger partial charge in [0.05, 0.1) is 6.10 Å². The standard InChI is InChI=1S/C20H33NO3/c1-8-16(6)24-18-11-10-17(12-15(18)5)21-19(22)20(7,23-9-2)13-14(3)4/h10-12,14,16H,8-9,13H2,1-7H3,(H,21,22). The second-order valence-electron chi connectivity index (χ2n) is 7.03. The van der Waals surface area contributed by atoms with Crippen LogP contribution in [-0.4, -0.2) is 24.2 Å². The quantitative estimate of drug-likeness (QED) is 0.694. The second-order valence-corrected chi connectivity index (χ2v) is 7.03. The minimum absolute atomic E-state index is 0.104. The molecule has 0 saturated heterocycles. The predicted octanol–water partition coefficient (Wildman–Crippen LogP) is 4.95. The zero-order valence-corrected chi connectivity index (χ0v) is 16.2. The van der Waals surface area contributed by atoms with Crippen molar-refractivity contribution in [2.24, 2.45) is 5.92 Å². The smallest absolute Gasteiger partial charge is 0.256 e. The molecule has 0 heterocycles. The predicted molar refractivity (Wildman–Crippen MR) is 99.7 cm³/mol. The summed E-state index contributed by atoms with van der Waals surface area (Å²) in [5.74, 6) is 1.13. The molecule has 1 aromatic rings. The van der Waals surface area contributed by atoms with E-state index in [1.807, 2.05) is 39.0 Å². The fourth-order valence-corrected chi connectivity index (χ4v) is 2.74. The van der Waals surface area contributed by atoms with Gasteiger partial charge in [-0.15, -0.1) is 0 Å². The van der Waals surface area contributed by atoms with Gasteiger partial charge >= 0.3 is 0 Å². The number of hydrogen-bond acceptors (Lipinski definition) is 3. The molecule has 0 fully saturated rings. The van der Waals surface area contributed by atoms with E-state index in [1.54, 1.807) is 0 Å². The van der Waals surface area contributed by atoms with Crippen molar-refractivity contribution in [1.82, 2.24) is 0 Å². The van der Waals surface area contributed by atoms with E-state index in [9.17, 15) is 4.79 Å². The molecule has 1 amide bonds. The van der Waals surface area contributed by atoms with Crippen LogP contribution in [0.3, 0.4) is 0 Å². The molecule has 0 spiro atoms. The molecule has 0 bridgehead atoms. The van der Waals surface area contributed by atoms with Crippen LogP contribution < -0.4 is 10.1 Å². The van der Waals surface area contributed by atoms with E-state index in [2.05, 4.69) is 33.0 Å². The van der Waals surface area contributed by atoms with Gasteiger partial charge in [-0.1, -0.05) is 20.8 Å². The SMILES string of the molecule is CCOC(C)(CC(C)C)C(=O)Nc1ccc(OC(C)CC)c(C)c1. The van der Waals surface area contributed by atoms with Crippen molar-refractivity contribution in [2.45, 2.75) is 73.0 Å². The van der Waals surface area contributed by atoms with Gasteiger partial charge in [0.1, 0.15) is 11.4 Å². The summed E-state index contributed by atoms with van der Waals surface area (Å²) in [6, 6.07) is 5.74. The summed E-state index contributed by atoms with van der Waals surface area (Å²) in [7, 11) is 0. The highest BCUT2D eigenvalue weighted by molar-refractivity contribution is 5.97. The maximum absolute atomic E-state index is 12.7. The van der Waals surface area contributed by atoms with Gasteiger partial charge in [0.15, 0.2) is 0 Å². The van der Waals surface area contributed by atoms with Crippen molar-refractivity contribution < 1.29 is 14.3 Å². The average Bonchev–Trinajstić information content (AvgIpc) is 2.49. The molecule has 0 saturated carbocycles. The molecule has 4 heteroatoms. The van der Waals surface area contributed by atoms with Crippen LogP contribution in [0.1, 0.15) is 59.9 Å². The number of amides is 1. The molecule has 0 aliphatic rings. The Morgan fingerprint density at radius 3 is 2.42 bits per heavy atom. The lowest BCUT2D eigenvalue weighted by molar-refractivity contribution is -0.140. The Kier molecular flexibility index (Phi) is 7.74. The van der Waals surface area contributed by atoms with Crippen LogP contribution in [0, 0.1) is 12.8 Å². The zero-order chi connectivity index (χ0) is 18.3. The van der Waals surface area contributed by atoms with Crippen molar-refractivity contribution in [1.29, 1.82) is 0 Å². The molecule has 0 radical (unpaired) electrons. The van der Waals surface area contributed by atoms with E-state index in [4.69, 9.17) is 9.47 Å². The summed E-state index contributed by atoms with van der Waals surface area (Å²) >= 11 is 0. The Morgan fingerprint density at radius 1 is 1.25 bits per heavy atom. The van der Waals surface area contributed by atoms with E-state index in [0.717, 1.165) is 23.4 Å². The minimum atomic E-state index is -0.817. The molecular weight excluding hydrogens is 302 g/mol. The van der Waals surface area contributed by atoms with Gasteiger partial charge in [-0.25, -0.2) is 0 Å². The van der Waals surface area contributed by atoms with Crippen molar-refractivity contribution in [3.8, 4) is 5.75 Å². The first-order valence-corrected chi connectivity index (χ1v) is 8.94. The number of ether oxygens (including phenoxy) is 2. The Morgan fingerprint density at radius 2 is 1.92 bits per heavy atom. The molecule has 0 aliphatic carbocycles. The van der Waals surface area contributed by atoms with Gasteiger partial charge in [-0.05, 0) is 70.2 Å². The average molecular weight is 335 g/mol. The largest absolute Gasteiger partial charge is 0.490 e. The Hall–Kier alpha value is -1.55. The maximum Gasteiger partial charge on any atom is 0.256 e. The first-order valence-electron chi connectivity index (χ1n) is 8.94. The number of aryl methyl sites for hydroxylation is 1. The summed E-state index contributed by atoms with van der Waals surface area (Å²) in [6.07, 6.45) is 1.82. The van der Waals surface area contributed by atoms with Crippen molar-refractivity contribution in [3.63, 3.8) is 0 Å². The Balaban J connectivity index is 2.87. The lowest BCUT2D eigenvalue weighted by Crippen LogP contribution is -2.44. The normalized spacial score (nSPS) is 15.0. The monoisotopic (exact) mass is 335 g/mol. The van der Waals surface area contributed by atoms with Crippen LogP contribution >= 0.6 is 0 Å². The fourth-order valence-electron chi connectivity index (χ4n) is 2.74. The topological polar surface area (TPSA) is 47.6 Å². The summed E-state index contributed by atoms with van der Waals surface area (Å²) in [5.41, 5.74) is 0.960. The van der Waals surface area contributed by atoms with Gasteiger partial charge in [0, 0.05) is 12.3 Å². The minimum Gasteiger partial charge on any atom is -0.490 e. The van der Waals surface area contributed by atoms with Gasteiger partial charge in [0.25, 0.3) is 5.91 Å². The molecule has 136 valence electrons. The highest BCUT2D eigenvalue weighted by atomic mass is 16.5. The first kappa shape index (κ1) is 20.5. The van der Waals surface area contributed by atoms with Crippen molar-refractivity contribution >= 4 is 11.6 Å². The third-order valence-electron chi connectivity index (χ3n) is 4.08. The molecule has 1 rings (SSSR count). The van der Waals surface area contributed by atoms with E-state index < -0.39 is 5.60 Å². The number of hydrogen-bond donors (Lipinski definition) is 1. The van der Waals surface area contributed by atoms with E-state index in [0.29, 0.717) is 18.9 Å². The van der Waals surface area contributed by atoms with Crippen LogP contribution in [0.4, 0.5) is 5.69 Å². The first-order chi connectivity index (χ1) is 11.2. The van der Waals surface area contributed by atoms with E-state index in [-0.39, 0.29) is 12.0 Å². The van der Waals surface area contributed by atoms with E-state index >= 15 is 0 Å².